The third kappa shape index (κ3) is 3.76. The van der Waals surface area contributed by atoms with Crippen LogP contribution >= 0.6 is 18.2 Å². The lowest BCUT2D eigenvalue weighted by molar-refractivity contribution is 0.200. The molecule has 11 heavy (non-hydrogen) atoms. The molecule has 0 heterocycles. The summed E-state index contributed by atoms with van der Waals surface area (Å²) >= 11 is 0.397. The number of hydrogen-bond donors (Lipinski definition) is 0. The van der Waals surface area contributed by atoms with Crippen LogP contribution in [0.1, 0.15) is 0 Å². The van der Waals surface area contributed by atoms with Crippen molar-refractivity contribution < 1.29 is 23.1 Å². The average molecular weight is 200 g/mol. The molecule has 0 aliphatic heterocycles. The van der Waals surface area contributed by atoms with Gasteiger partial charge in [-0.3, -0.25) is 0 Å². The van der Waals surface area contributed by atoms with Gasteiger partial charge in [-0.05, 0) is 0 Å². The molecular weight excluding hydrogens is 191 g/mol. The van der Waals surface area contributed by atoms with Gasteiger partial charge in [0.2, 0.25) is 0 Å². The quantitative estimate of drug-likeness (QED) is 0.512. The predicted octanol–water partition coefficient (Wildman–Crippen LogP) is 1.89. The normalized spacial score (nSPS) is 11.2. The molecule has 0 spiro atoms. The van der Waals surface area contributed by atoms with Crippen LogP contribution in [0.4, 0.5) is 4.79 Å². The second-order valence-electron chi connectivity index (χ2n) is 1.36. The van der Waals surface area contributed by atoms with Crippen LogP contribution in [0.25, 0.3) is 0 Å². The first-order valence-corrected chi connectivity index (χ1v) is 5.53. The first-order valence-electron chi connectivity index (χ1n) is 2.57. The summed E-state index contributed by atoms with van der Waals surface area (Å²) in [6.45, 7) is -3.31. The maximum atomic E-state index is 11.1. The summed E-state index contributed by atoms with van der Waals surface area (Å²) in [5.74, 6) is 0. The molecule has 0 radical (unpaired) electrons. The van der Waals surface area contributed by atoms with Crippen LogP contribution in [0.5, 0.6) is 0 Å². The van der Waals surface area contributed by atoms with Crippen molar-refractivity contribution in [1.29, 1.82) is 0 Å². The van der Waals surface area contributed by atoms with E-state index < -0.39 is 12.1 Å². The van der Waals surface area contributed by atoms with Crippen LogP contribution in [0.3, 0.4) is 0 Å². The van der Waals surface area contributed by atoms with Crippen molar-refractivity contribution in [2.45, 2.75) is 0 Å². The van der Waals surface area contributed by atoms with Gasteiger partial charge in [-0.2, -0.15) is 0 Å². The maximum Gasteiger partial charge on any atom is 0.399 e. The Morgan fingerprint density at radius 1 is 1.27 bits per heavy atom. The van der Waals surface area contributed by atoms with Gasteiger partial charge in [0.1, 0.15) is 0 Å². The zero-order valence-electron chi connectivity index (χ0n) is 6.40. The van der Waals surface area contributed by atoms with Gasteiger partial charge < -0.3 is 13.8 Å². The van der Waals surface area contributed by atoms with E-state index in [4.69, 9.17) is 0 Å². The van der Waals surface area contributed by atoms with Gasteiger partial charge in [-0.15, -0.1) is 0 Å². The minimum absolute atomic E-state index is 0.397. The van der Waals surface area contributed by atoms with Gasteiger partial charge in [0.25, 0.3) is 0 Å². The highest BCUT2D eigenvalue weighted by Crippen LogP contribution is 2.59. The number of rotatable bonds is 3. The number of carbonyl (C=O) groups excluding carboxylic acids is 1. The van der Waals surface area contributed by atoms with Crippen LogP contribution < -0.4 is 0 Å². The number of methoxy groups -OCH3 is 1. The molecule has 0 atom stereocenters. The van der Waals surface area contributed by atoms with Crippen molar-refractivity contribution in [3.05, 3.63) is 0 Å². The third-order valence-electron chi connectivity index (χ3n) is 0.800. The van der Waals surface area contributed by atoms with Crippen molar-refractivity contribution >= 4 is 23.5 Å². The Morgan fingerprint density at radius 2 is 1.73 bits per heavy atom. The highest BCUT2D eigenvalue weighted by Gasteiger charge is 2.27. The van der Waals surface area contributed by atoms with Crippen LogP contribution in [-0.4, -0.2) is 26.6 Å². The van der Waals surface area contributed by atoms with Gasteiger partial charge in [0.05, 0.1) is 18.5 Å². The second-order valence-corrected chi connectivity index (χ2v) is 5.39. The Labute approximate surface area is 68.7 Å². The van der Waals surface area contributed by atoms with Crippen molar-refractivity contribution in [3.63, 3.8) is 0 Å². The van der Waals surface area contributed by atoms with Crippen molar-refractivity contribution in [3.8, 4) is 0 Å². The molecule has 0 saturated heterocycles. The van der Waals surface area contributed by atoms with Crippen LogP contribution in [0.2, 0.25) is 0 Å². The molecule has 0 aromatic carbocycles. The van der Waals surface area contributed by atoms with E-state index in [2.05, 4.69) is 13.8 Å². The van der Waals surface area contributed by atoms with Gasteiger partial charge in [0.15, 0.2) is 0 Å². The fourth-order valence-corrected chi connectivity index (χ4v) is 2.05. The first kappa shape index (κ1) is 11.0. The molecule has 0 amide bonds. The third-order valence-corrected chi connectivity index (χ3v) is 4.25. The minimum Gasteiger partial charge on any atom is -0.460 e. The molecule has 5 nitrogen and oxygen atoms in total. The maximum absolute atomic E-state index is 11.1. The second kappa shape index (κ2) is 4.77. The molecule has 66 valence electrons. The van der Waals surface area contributed by atoms with Crippen LogP contribution in [0.15, 0.2) is 0 Å². The Morgan fingerprint density at radius 3 is 2.00 bits per heavy atom. The average Bonchev–Trinajstić information content (AvgIpc) is 2.04. The highest BCUT2D eigenvalue weighted by molar-refractivity contribution is 8.62. The Kier molecular flexibility index (Phi) is 4.76. The predicted molar refractivity (Wildman–Crippen MR) is 41.6 cm³/mol. The van der Waals surface area contributed by atoms with Crippen molar-refractivity contribution in [2.75, 3.05) is 21.3 Å². The summed E-state index contributed by atoms with van der Waals surface area (Å²) in [4.78, 5) is 10.6. The molecule has 0 saturated carbocycles. The fourth-order valence-electron chi connectivity index (χ4n) is 0.278. The minimum atomic E-state index is -3.31. The molecular formula is C4H9O5PS. The van der Waals surface area contributed by atoms with Gasteiger partial charge in [-0.25, -0.2) is 9.36 Å². The largest absolute Gasteiger partial charge is 0.460 e. The van der Waals surface area contributed by atoms with E-state index in [-0.39, 0.29) is 0 Å². The van der Waals surface area contributed by atoms with E-state index in [0.29, 0.717) is 11.4 Å². The van der Waals surface area contributed by atoms with Gasteiger partial charge in [0, 0.05) is 14.2 Å². The smallest absolute Gasteiger partial charge is 0.399 e. The lowest BCUT2D eigenvalue weighted by atomic mass is 11.5. The number of ether oxygens (including phenoxy) is 1. The summed E-state index contributed by atoms with van der Waals surface area (Å²) in [6.07, 6.45) is 0. The van der Waals surface area contributed by atoms with E-state index >= 15 is 0 Å². The molecule has 0 fully saturated rings. The molecule has 0 aliphatic carbocycles. The fraction of sp³-hybridized carbons (Fsp3) is 0.750. The van der Waals surface area contributed by atoms with Crippen molar-refractivity contribution in [2.24, 2.45) is 0 Å². The van der Waals surface area contributed by atoms with E-state index in [1.54, 1.807) is 0 Å². The first-order chi connectivity index (χ1) is 5.08. The van der Waals surface area contributed by atoms with E-state index in [9.17, 15) is 9.36 Å². The zero-order chi connectivity index (χ0) is 8.91. The topological polar surface area (TPSA) is 61.8 Å². The molecule has 0 unspecified atom stereocenters. The monoisotopic (exact) mass is 200 g/mol. The molecule has 0 aromatic heterocycles. The van der Waals surface area contributed by atoms with Gasteiger partial charge in [-0.1, -0.05) is 0 Å². The Hall–Kier alpha value is -0.0300. The van der Waals surface area contributed by atoms with Crippen LogP contribution in [-0.2, 0) is 18.3 Å². The van der Waals surface area contributed by atoms with Crippen molar-refractivity contribution in [1.82, 2.24) is 0 Å². The molecule has 0 N–H and O–H groups in total. The molecule has 0 rings (SSSR count). The number of carbonyl (C=O) groups is 1. The Balaban J connectivity index is 4.09. The van der Waals surface area contributed by atoms with E-state index in [1.807, 2.05) is 0 Å². The lowest BCUT2D eigenvalue weighted by Gasteiger charge is -2.09. The summed E-state index contributed by atoms with van der Waals surface area (Å²) < 4.78 is 24.3. The number of hydrogen-bond acceptors (Lipinski definition) is 6. The molecule has 0 aliphatic rings. The van der Waals surface area contributed by atoms with E-state index in [1.165, 1.54) is 21.3 Å². The SMILES string of the molecule is COC(=O)SP(=O)(OC)OC. The summed E-state index contributed by atoms with van der Waals surface area (Å²) in [7, 11) is 3.57. The zero-order valence-corrected chi connectivity index (χ0v) is 8.11. The summed E-state index contributed by atoms with van der Waals surface area (Å²) in [6, 6.07) is 0. The molecule has 0 aromatic rings. The highest BCUT2D eigenvalue weighted by atomic mass is 32.7. The standard InChI is InChI=1S/C4H9O5PS/c1-7-4(5)11-10(6,8-2)9-3/h1-3H3. The van der Waals surface area contributed by atoms with Gasteiger partial charge >= 0.3 is 12.1 Å². The summed E-state index contributed by atoms with van der Waals surface area (Å²) in [5.41, 5.74) is 0. The molecule has 7 heteroatoms. The van der Waals surface area contributed by atoms with E-state index in [0.717, 1.165) is 0 Å². The summed E-state index contributed by atoms with van der Waals surface area (Å²) in [5, 5.41) is -0.697. The lowest BCUT2D eigenvalue weighted by Crippen LogP contribution is -1.93. The Bertz CT molecular complexity index is 173. The molecule has 0 bridgehead atoms. The van der Waals surface area contributed by atoms with Crippen LogP contribution in [0, 0.1) is 0 Å².